The van der Waals surface area contributed by atoms with Crippen molar-refractivity contribution in [1.82, 2.24) is 4.90 Å². The van der Waals surface area contributed by atoms with E-state index in [0.29, 0.717) is 4.99 Å². The molecule has 3 N–H and O–H groups in total. The Labute approximate surface area is 84.9 Å². The molecule has 0 saturated carbocycles. The maximum atomic E-state index is 9.48. The van der Waals surface area contributed by atoms with Crippen molar-refractivity contribution in [2.75, 3.05) is 13.1 Å². The van der Waals surface area contributed by atoms with Crippen molar-refractivity contribution in [2.24, 2.45) is 5.73 Å². The van der Waals surface area contributed by atoms with Gasteiger partial charge in [-0.15, -0.1) is 0 Å². The molecule has 1 aliphatic rings. The highest BCUT2D eigenvalue weighted by Gasteiger charge is 2.24. The summed E-state index contributed by atoms with van der Waals surface area (Å²) in [5, 5.41) is 9.48. The van der Waals surface area contributed by atoms with E-state index in [1.807, 2.05) is 0 Å². The first-order chi connectivity index (χ1) is 6.15. The summed E-state index contributed by atoms with van der Waals surface area (Å²) in [4.78, 5) is 2.74. The van der Waals surface area contributed by atoms with E-state index in [1.165, 1.54) is 0 Å². The first-order valence-electron chi connectivity index (χ1n) is 4.86. The molecule has 4 heteroatoms. The SMILES string of the molecule is CCC(C(N)=S)N1CCCC(O)C1. The molecule has 0 amide bonds. The molecule has 1 fully saturated rings. The Kier molecular flexibility index (Phi) is 4.09. The molecule has 1 rings (SSSR count). The number of piperidine rings is 1. The number of hydrogen-bond donors (Lipinski definition) is 2. The Morgan fingerprint density at radius 1 is 1.77 bits per heavy atom. The van der Waals surface area contributed by atoms with Crippen LogP contribution >= 0.6 is 12.2 Å². The van der Waals surface area contributed by atoms with Crippen molar-refractivity contribution in [3.8, 4) is 0 Å². The number of nitrogens with zero attached hydrogens (tertiary/aromatic N) is 1. The third-order valence-electron chi connectivity index (χ3n) is 2.58. The van der Waals surface area contributed by atoms with Crippen LogP contribution in [-0.2, 0) is 0 Å². The molecular weight excluding hydrogens is 184 g/mol. The second kappa shape index (κ2) is 4.88. The minimum atomic E-state index is -0.197. The lowest BCUT2D eigenvalue weighted by atomic mass is 10.0. The number of likely N-dealkylation sites (tertiary alicyclic amines) is 1. The van der Waals surface area contributed by atoms with Crippen LogP contribution in [0.2, 0.25) is 0 Å². The highest BCUT2D eigenvalue weighted by atomic mass is 32.1. The van der Waals surface area contributed by atoms with Crippen LogP contribution in [-0.4, -0.2) is 40.2 Å². The first-order valence-corrected chi connectivity index (χ1v) is 5.27. The van der Waals surface area contributed by atoms with Crippen molar-refractivity contribution in [1.29, 1.82) is 0 Å². The number of aliphatic hydroxyl groups is 1. The zero-order valence-corrected chi connectivity index (χ0v) is 8.89. The molecule has 1 heterocycles. The largest absolute Gasteiger partial charge is 0.392 e. The van der Waals surface area contributed by atoms with E-state index in [2.05, 4.69) is 11.8 Å². The van der Waals surface area contributed by atoms with Gasteiger partial charge in [0.15, 0.2) is 0 Å². The molecule has 2 unspecified atom stereocenters. The van der Waals surface area contributed by atoms with Crippen molar-refractivity contribution in [3.05, 3.63) is 0 Å². The van der Waals surface area contributed by atoms with Gasteiger partial charge in [-0.1, -0.05) is 19.1 Å². The fourth-order valence-corrected chi connectivity index (χ4v) is 2.22. The van der Waals surface area contributed by atoms with E-state index in [-0.39, 0.29) is 12.1 Å². The smallest absolute Gasteiger partial charge is 0.0901 e. The number of nitrogens with two attached hydrogens (primary N) is 1. The molecule has 0 spiro atoms. The molecule has 1 saturated heterocycles. The lowest BCUT2D eigenvalue weighted by Crippen LogP contribution is -2.49. The zero-order valence-electron chi connectivity index (χ0n) is 8.07. The molecule has 1 aliphatic heterocycles. The van der Waals surface area contributed by atoms with Crippen LogP contribution in [0.4, 0.5) is 0 Å². The van der Waals surface area contributed by atoms with Crippen molar-refractivity contribution in [3.63, 3.8) is 0 Å². The van der Waals surface area contributed by atoms with Gasteiger partial charge in [-0.3, -0.25) is 4.90 Å². The molecule has 0 aromatic heterocycles. The second-order valence-electron chi connectivity index (χ2n) is 3.62. The fraction of sp³-hybridized carbons (Fsp3) is 0.889. The molecular formula is C9H18N2OS. The van der Waals surface area contributed by atoms with Crippen LogP contribution in [0.1, 0.15) is 26.2 Å². The lowest BCUT2D eigenvalue weighted by molar-refractivity contribution is 0.0602. The van der Waals surface area contributed by atoms with E-state index in [4.69, 9.17) is 18.0 Å². The molecule has 0 bridgehead atoms. The predicted octanol–water partition coefficient (Wildman–Crippen LogP) is 0.508. The third kappa shape index (κ3) is 2.90. The van der Waals surface area contributed by atoms with Gasteiger partial charge in [0.25, 0.3) is 0 Å². The number of thiocarbonyl (C=S) groups is 1. The maximum Gasteiger partial charge on any atom is 0.0901 e. The summed E-state index contributed by atoms with van der Waals surface area (Å²) < 4.78 is 0. The van der Waals surface area contributed by atoms with Gasteiger partial charge in [-0.25, -0.2) is 0 Å². The number of aliphatic hydroxyl groups excluding tert-OH is 1. The summed E-state index contributed by atoms with van der Waals surface area (Å²) in [5.74, 6) is 0. The molecule has 13 heavy (non-hydrogen) atoms. The summed E-state index contributed by atoms with van der Waals surface area (Å²) in [6.45, 7) is 3.80. The van der Waals surface area contributed by atoms with Crippen LogP contribution in [0.3, 0.4) is 0 Å². The van der Waals surface area contributed by atoms with Gasteiger partial charge in [0, 0.05) is 6.54 Å². The quantitative estimate of drug-likeness (QED) is 0.655. The minimum Gasteiger partial charge on any atom is -0.392 e. The van der Waals surface area contributed by atoms with Crippen LogP contribution < -0.4 is 5.73 Å². The molecule has 0 aliphatic carbocycles. The monoisotopic (exact) mass is 202 g/mol. The van der Waals surface area contributed by atoms with Crippen molar-refractivity contribution >= 4 is 17.2 Å². The van der Waals surface area contributed by atoms with Gasteiger partial charge < -0.3 is 10.8 Å². The van der Waals surface area contributed by atoms with Gasteiger partial charge in [0.05, 0.1) is 17.1 Å². The highest BCUT2D eigenvalue weighted by molar-refractivity contribution is 7.80. The fourth-order valence-electron chi connectivity index (χ4n) is 1.91. The number of rotatable bonds is 3. The van der Waals surface area contributed by atoms with Gasteiger partial charge in [-0.05, 0) is 25.8 Å². The Balaban J connectivity index is 2.52. The summed E-state index contributed by atoms with van der Waals surface area (Å²) in [6.07, 6.45) is 2.68. The first kappa shape index (κ1) is 10.9. The number of hydrogen-bond acceptors (Lipinski definition) is 3. The molecule has 0 radical (unpaired) electrons. The Morgan fingerprint density at radius 2 is 2.46 bits per heavy atom. The molecule has 76 valence electrons. The minimum absolute atomic E-state index is 0.171. The van der Waals surface area contributed by atoms with Crippen LogP contribution in [0.25, 0.3) is 0 Å². The van der Waals surface area contributed by atoms with Gasteiger partial charge in [-0.2, -0.15) is 0 Å². The molecule has 0 aromatic carbocycles. The maximum absolute atomic E-state index is 9.48. The molecule has 2 atom stereocenters. The van der Waals surface area contributed by atoms with Crippen LogP contribution in [0, 0.1) is 0 Å². The average Bonchev–Trinajstić information content (AvgIpc) is 2.04. The van der Waals surface area contributed by atoms with Gasteiger partial charge in [0.1, 0.15) is 0 Å². The normalized spacial score (nSPS) is 27.1. The second-order valence-corrected chi connectivity index (χ2v) is 4.09. The Morgan fingerprint density at radius 3 is 2.92 bits per heavy atom. The topological polar surface area (TPSA) is 49.5 Å². The summed E-state index contributed by atoms with van der Waals surface area (Å²) in [6, 6.07) is 0.171. The zero-order chi connectivity index (χ0) is 9.84. The van der Waals surface area contributed by atoms with Gasteiger partial charge in [0.2, 0.25) is 0 Å². The van der Waals surface area contributed by atoms with Crippen LogP contribution in [0.5, 0.6) is 0 Å². The van der Waals surface area contributed by atoms with Crippen LogP contribution in [0.15, 0.2) is 0 Å². The average molecular weight is 202 g/mol. The number of β-amino-alcohol motifs (C(OH)–C–C–N with tert-alkyl or cyclic N) is 1. The van der Waals surface area contributed by atoms with E-state index >= 15 is 0 Å². The van der Waals surface area contributed by atoms with E-state index < -0.39 is 0 Å². The van der Waals surface area contributed by atoms with Crippen molar-refractivity contribution < 1.29 is 5.11 Å². The molecule has 3 nitrogen and oxygen atoms in total. The molecule has 0 aromatic rings. The summed E-state index contributed by atoms with van der Waals surface area (Å²) in [5.41, 5.74) is 5.63. The van der Waals surface area contributed by atoms with E-state index in [9.17, 15) is 5.11 Å². The van der Waals surface area contributed by atoms with Crippen molar-refractivity contribution in [2.45, 2.75) is 38.3 Å². The Hall–Kier alpha value is -0.190. The van der Waals surface area contributed by atoms with Gasteiger partial charge >= 0.3 is 0 Å². The Bertz CT molecular complexity index is 186. The highest BCUT2D eigenvalue weighted by Crippen LogP contribution is 2.14. The lowest BCUT2D eigenvalue weighted by Gasteiger charge is -2.35. The van der Waals surface area contributed by atoms with E-state index in [0.717, 1.165) is 32.4 Å². The summed E-state index contributed by atoms with van der Waals surface area (Å²) >= 11 is 4.99. The summed E-state index contributed by atoms with van der Waals surface area (Å²) in [7, 11) is 0. The predicted molar refractivity (Wildman–Crippen MR) is 57.7 cm³/mol. The standard InChI is InChI=1S/C9H18N2OS/c1-2-8(9(10)13)11-5-3-4-7(12)6-11/h7-8,12H,2-6H2,1H3,(H2,10,13). The third-order valence-corrected chi connectivity index (χ3v) is 2.86. The van der Waals surface area contributed by atoms with E-state index in [1.54, 1.807) is 0 Å².